The number of amides is 2. The summed E-state index contributed by atoms with van der Waals surface area (Å²) in [5.41, 5.74) is 0.302. The molecule has 2 amide bonds. The van der Waals surface area contributed by atoms with E-state index in [2.05, 4.69) is 15.8 Å². The number of hydrogen-bond donors (Lipinski definition) is 4. The number of oxime groups is 1. The number of carbonyl (C=O) groups excluding carboxylic acids is 2. The van der Waals surface area contributed by atoms with Gasteiger partial charge in [0.05, 0.1) is 28.8 Å². The van der Waals surface area contributed by atoms with Crippen molar-refractivity contribution in [2.45, 2.75) is 44.7 Å². The summed E-state index contributed by atoms with van der Waals surface area (Å²) in [7, 11) is -1.71. The number of hydrogen-bond acceptors (Lipinski definition) is 6. The van der Waals surface area contributed by atoms with Crippen LogP contribution in [0, 0.1) is 5.92 Å². The Labute approximate surface area is 204 Å². The third kappa shape index (κ3) is 6.59. The molecule has 2 aromatic rings. The lowest BCUT2D eigenvalue weighted by atomic mass is 9.74. The average Bonchev–Trinajstić information content (AvgIpc) is 3.21. The summed E-state index contributed by atoms with van der Waals surface area (Å²) in [5, 5.41) is 29.4. The fourth-order valence-electron chi connectivity index (χ4n) is 3.85. The van der Waals surface area contributed by atoms with Gasteiger partial charge in [-0.3, -0.25) is 9.59 Å². The van der Waals surface area contributed by atoms with Crippen LogP contribution in [0.5, 0.6) is 0 Å². The second-order valence-corrected chi connectivity index (χ2v) is 9.28. The fourth-order valence-corrected chi connectivity index (χ4v) is 4.07. The van der Waals surface area contributed by atoms with E-state index in [-0.39, 0.29) is 31.2 Å². The SMILES string of the molecule is CC(C)C[C@H](NC(=O)C1(Cc2ccccc2)CC(CNC(=O)c2ccccc2Cl)=NO1)B(O)O. The van der Waals surface area contributed by atoms with Crippen molar-refractivity contribution in [2.75, 3.05) is 6.54 Å². The molecule has 0 aliphatic carbocycles. The molecule has 10 heteroatoms. The molecule has 8 nitrogen and oxygen atoms in total. The Morgan fingerprint density at radius 2 is 1.82 bits per heavy atom. The Morgan fingerprint density at radius 1 is 1.15 bits per heavy atom. The largest absolute Gasteiger partial charge is 0.475 e. The second kappa shape index (κ2) is 11.5. The fraction of sp³-hybridized carbons (Fsp3) is 0.375. The molecule has 0 saturated carbocycles. The highest BCUT2D eigenvalue weighted by Gasteiger charge is 2.48. The molecule has 0 spiro atoms. The lowest BCUT2D eigenvalue weighted by Crippen LogP contribution is -2.56. The topological polar surface area (TPSA) is 120 Å². The van der Waals surface area contributed by atoms with Crippen molar-refractivity contribution < 1.29 is 24.5 Å². The summed E-state index contributed by atoms with van der Waals surface area (Å²) in [4.78, 5) is 31.6. The molecule has 1 aliphatic rings. The first-order valence-electron chi connectivity index (χ1n) is 11.2. The summed E-state index contributed by atoms with van der Waals surface area (Å²) in [5.74, 6) is -1.58. The van der Waals surface area contributed by atoms with Gasteiger partial charge in [-0.2, -0.15) is 0 Å². The summed E-state index contributed by atoms with van der Waals surface area (Å²) in [6.45, 7) is 3.93. The van der Waals surface area contributed by atoms with Crippen molar-refractivity contribution in [3.63, 3.8) is 0 Å². The summed E-state index contributed by atoms with van der Waals surface area (Å²) in [6.07, 6.45) is 0.736. The van der Waals surface area contributed by atoms with E-state index in [0.717, 1.165) is 5.56 Å². The third-order valence-electron chi connectivity index (χ3n) is 5.56. The van der Waals surface area contributed by atoms with Gasteiger partial charge < -0.3 is 25.5 Å². The molecule has 2 atom stereocenters. The lowest BCUT2D eigenvalue weighted by Gasteiger charge is -2.29. The predicted octanol–water partition coefficient (Wildman–Crippen LogP) is 2.37. The number of benzene rings is 2. The molecule has 0 bridgehead atoms. The van der Waals surface area contributed by atoms with Crippen LogP contribution in [0.4, 0.5) is 0 Å². The van der Waals surface area contributed by atoms with Gasteiger partial charge in [-0.1, -0.05) is 73.1 Å². The molecule has 0 fully saturated rings. The quantitative estimate of drug-likeness (QED) is 0.385. The molecule has 1 aliphatic heterocycles. The maximum absolute atomic E-state index is 13.4. The molecule has 3 rings (SSSR count). The highest BCUT2D eigenvalue weighted by molar-refractivity contribution is 6.43. The maximum atomic E-state index is 13.4. The van der Waals surface area contributed by atoms with Gasteiger partial charge in [-0.15, -0.1) is 0 Å². The number of carbonyl (C=O) groups is 2. The van der Waals surface area contributed by atoms with Crippen LogP contribution in [0.1, 0.15) is 42.6 Å². The minimum absolute atomic E-state index is 0.0753. The Kier molecular flexibility index (Phi) is 8.71. The number of nitrogens with zero attached hydrogens (tertiary/aromatic N) is 1. The van der Waals surface area contributed by atoms with E-state index in [1.807, 2.05) is 44.2 Å². The first kappa shape index (κ1) is 25.7. The van der Waals surface area contributed by atoms with Crippen LogP contribution in [0.2, 0.25) is 5.02 Å². The van der Waals surface area contributed by atoms with E-state index < -0.39 is 24.6 Å². The van der Waals surface area contributed by atoms with Crippen molar-refractivity contribution in [3.05, 3.63) is 70.7 Å². The molecular weight excluding hydrogens is 457 g/mol. The maximum Gasteiger partial charge on any atom is 0.475 e. The third-order valence-corrected chi connectivity index (χ3v) is 5.89. The zero-order valence-corrected chi connectivity index (χ0v) is 20.0. The molecule has 34 heavy (non-hydrogen) atoms. The molecule has 1 heterocycles. The van der Waals surface area contributed by atoms with Crippen molar-refractivity contribution in [1.29, 1.82) is 0 Å². The predicted molar refractivity (Wildman–Crippen MR) is 131 cm³/mol. The number of nitrogens with one attached hydrogen (secondary N) is 2. The highest BCUT2D eigenvalue weighted by atomic mass is 35.5. The van der Waals surface area contributed by atoms with Crippen LogP contribution in [0.25, 0.3) is 0 Å². The normalized spacial score (nSPS) is 18.1. The minimum atomic E-state index is -1.71. The zero-order chi connectivity index (χ0) is 24.7. The molecular formula is C24H29BClN3O5. The van der Waals surface area contributed by atoms with Crippen LogP contribution in [-0.2, 0) is 16.1 Å². The van der Waals surface area contributed by atoms with E-state index in [1.165, 1.54) is 0 Å². The van der Waals surface area contributed by atoms with Gasteiger partial charge in [0.25, 0.3) is 11.8 Å². The zero-order valence-electron chi connectivity index (χ0n) is 19.2. The van der Waals surface area contributed by atoms with Gasteiger partial charge in [-0.05, 0) is 30.0 Å². The Hall–Kier alpha value is -2.88. The molecule has 0 aromatic heterocycles. The molecule has 0 radical (unpaired) electrons. The number of halogens is 1. The van der Waals surface area contributed by atoms with Crippen molar-refractivity contribution in [1.82, 2.24) is 10.6 Å². The van der Waals surface area contributed by atoms with E-state index in [0.29, 0.717) is 22.7 Å². The minimum Gasteiger partial charge on any atom is -0.426 e. The van der Waals surface area contributed by atoms with Gasteiger partial charge in [-0.25, -0.2) is 0 Å². The summed E-state index contributed by atoms with van der Waals surface area (Å²) < 4.78 is 0. The van der Waals surface area contributed by atoms with Gasteiger partial charge in [0.2, 0.25) is 5.60 Å². The van der Waals surface area contributed by atoms with Crippen molar-refractivity contribution >= 4 is 36.2 Å². The Balaban J connectivity index is 1.73. The lowest BCUT2D eigenvalue weighted by molar-refractivity contribution is -0.144. The van der Waals surface area contributed by atoms with Crippen LogP contribution in [0.15, 0.2) is 59.8 Å². The van der Waals surface area contributed by atoms with Crippen LogP contribution < -0.4 is 10.6 Å². The Bertz CT molecular complexity index is 1030. The van der Waals surface area contributed by atoms with Gasteiger partial charge in [0.15, 0.2) is 0 Å². The van der Waals surface area contributed by atoms with E-state index in [9.17, 15) is 19.6 Å². The van der Waals surface area contributed by atoms with Gasteiger partial charge >= 0.3 is 7.12 Å². The molecule has 2 aromatic carbocycles. The highest BCUT2D eigenvalue weighted by Crippen LogP contribution is 2.29. The Morgan fingerprint density at radius 3 is 2.47 bits per heavy atom. The summed E-state index contributed by atoms with van der Waals surface area (Å²) in [6, 6.07) is 16.1. The van der Waals surface area contributed by atoms with Crippen LogP contribution >= 0.6 is 11.6 Å². The second-order valence-electron chi connectivity index (χ2n) is 8.87. The molecule has 4 N–H and O–H groups in total. The molecule has 0 saturated heterocycles. The first-order valence-corrected chi connectivity index (χ1v) is 11.6. The number of rotatable bonds is 10. The monoisotopic (exact) mass is 485 g/mol. The average molecular weight is 486 g/mol. The van der Waals surface area contributed by atoms with Crippen LogP contribution in [-0.4, -0.2) is 52.8 Å². The molecule has 1 unspecified atom stereocenters. The van der Waals surface area contributed by atoms with Gasteiger partial charge in [0.1, 0.15) is 0 Å². The standard InChI is InChI=1S/C24H29BClN3O5/c1-16(2)12-21(25(32)33)28-23(31)24(13-17-8-4-3-5-9-17)14-18(29-34-24)15-27-22(30)19-10-6-7-11-20(19)26/h3-11,16,21,32-33H,12-15H2,1-2H3,(H,27,30)(H,28,31)/t21-,24?/m0/s1. The smallest absolute Gasteiger partial charge is 0.426 e. The van der Waals surface area contributed by atoms with Crippen molar-refractivity contribution in [2.24, 2.45) is 11.1 Å². The van der Waals surface area contributed by atoms with Crippen LogP contribution in [0.3, 0.4) is 0 Å². The van der Waals surface area contributed by atoms with Gasteiger partial charge in [0, 0.05) is 12.8 Å². The van der Waals surface area contributed by atoms with E-state index in [1.54, 1.807) is 24.3 Å². The first-order chi connectivity index (χ1) is 16.2. The van der Waals surface area contributed by atoms with E-state index >= 15 is 0 Å². The van der Waals surface area contributed by atoms with Crippen molar-refractivity contribution in [3.8, 4) is 0 Å². The summed E-state index contributed by atoms with van der Waals surface area (Å²) >= 11 is 6.09. The van der Waals surface area contributed by atoms with E-state index in [4.69, 9.17) is 16.4 Å². The molecule has 180 valence electrons.